The van der Waals surface area contributed by atoms with Gasteiger partial charge in [0.15, 0.2) is 6.04 Å². The van der Waals surface area contributed by atoms with Crippen molar-refractivity contribution in [3.8, 4) is 0 Å². The van der Waals surface area contributed by atoms with Crippen molar-refractivity contribution in [3.63, 3.8) is 0 Å². The van der Waals surface area contributed by atoms with Crippen molar-refractivity contribution < 1.29 is 33.8 Å². The number of benzene rings is 1. The van der Waals surface area contributed by atoms with Crippen molar-refractivity contribution >= 4 is 35.5 Å². The summed E-state index contributed by atoms with van der Waals surface area (Å²) in [4.78, 5) is 48.9. The number of carbonyl (C=O) groups excluding carboxylic acids is 4. The number of methoxy groups -OCH3 is 1. The molecule has 1 aliphatic heterocycles. The van der Waals surface area contributed by atoms with E-state index in [1.165, 1.54) is 29.8 Å². The van der Waals surface area contributed by atoms with Gasteiger partial charge in [0.05, 0.1) is 37.2 Å². The number of aliphatic hydroxyl groups excluding tert-OH is 1. The topological polar surface area (TPSA) is 122 Å². The lowest BCUT2D eigenvalue weighted by Gasteiger charge is -2.18. The Morgan fingerprint density at radius 1 is 1.31 bits per heavy atom. The van der Waals surface area contributed by atoms with E-state index < -0.39 is 30.5 Å². The van der Waals surface area contributed by atoms with Crippen molar-refractivity contribution in [2.45, 2.75) is 12.5 Å². The zero-order valence-electron chi connectivity index (χ0n) is 15.8. The first kappa shape index (κ1) is 22.4. The minimum absolute atomic E-state index is 0.0174. The Hall–Kier alpha value is -2.85. The van der Waals surface area contributed by atoms with E-state index in [0.29, 0.717) is 17.0 Å². The number of nitrogens with one attached hydrogen (secondary N) is 1. The van der Waals surface area contributed by atoms with Crippen molar-refractivity contribution in [2.75, 3.05) is 32.6 Å². The quantitative estimate of drug-likeness (QED) is 0.331. The lowest BCUT2D eigenvalue weighted by Crippen LogP contribution is -2.44. The molecule has 0 radical (unpaired) electrons. The third-order valence-electron chi connectivity index (χ3n) is 3.93. The second kappa shape index (κ2) is 11.2. The van der Waals surface area contributed by atoms with Crippen LogP contribution in [-0.4, -0.2) is 72.4 Å². The smallest absolute Gasteiger partial charge is 0.333 e. The molecule has 1 heterocycles. The molecule has 1 saturated heterocycles. The standard InChI is InChI=1S/C19H22N2O7S/c1-27-17(24)10-16-21(15(23)12-29-16)8-5-9-28-19(26)14(11-22)20-18(25)13-6-3-2-4-7-13/h2-4,6-7,10,14,22H,5,8-9,11-12H2,1H3,(H,20,25)/b16-10+. The van der Waals surface area contributed by atoms with Crippen LogP contribution in [0.1, 0.15) is 16.8 Å². The van der Waals surface area contributed by atoms with E-state index in [2.05, 4.69) is 10.1 Å². The molecule has 2 rings (SSSR count). The first-order valence-electron chi connectivity index (χ1n) is 8.82. The number of nitrogens with zero attached hydrogens (tertiary/aromatic N) is 1. The summed E-state index contributed by atoms with van der Waals surface area (Å²) in [5.41, 5.74) is 0.355. The molecule has 1 unspecified atom stereocenters. The van der Waals surface area contributed by atoms with Gasteiger partial charge in [-0.15, -0.1) is 0 Å². The van der Waals surface area contributed by atoms with E-state index in [0.717, 1.165) is 0 Å². The van der Waals surface area contributed by atoms with Crippen LogP contribution in [0.2, 0.25) is 0 Å². The highest BCUT2D eigenvalue weighted by Gasteiger charge is 2.27. The van der Waals surface area contributed by atoms with Crippen molar-refractivity contribution in [3.05, 3.63) is 47.0 Å². The Kier molecular flexibility index (Phi) is 8.68. The van der Waals surface area contributed by atoms with Gasteiger partial charge in [-0.25, -0.2) is 9.59 Å². The maximum Gasteiger partial charge on any atom is 0.333 e. The minimum atomic E-state index is -1.19. The zero-order chi connectivity index (χ0) is 21.2. The van der Waals surface area contributed by atoms with E-state index in [9.17, 15) is 24.3 Å². The van der Waals surface area contributed by atoms with E-state index in [-0.39, 0.29) is 24.8 Å². The average molecular weight is 422 g/mol. The SMILES string of the molecule is COC(=O)/C=C1/SCC(=O)N1CCCOC(=O)C(CO)NC(=O)c1ccccc1. The Morgan fingerprint density at radius 3 is 2.69 bits per heavy atom. The second-order valence-electron chi connectivity index (χ2n) is 5.94. The molecule has 2 amide bonds. The number of thioether (sulfide) groups is 1. The van der Waals surface area contributed by atoms with Gasteiger partial charge in [0.25, 0.3) is 5.91 Å². The summed E-state index contributed by atoms with van der Waals surface area (Å²) in [6.45, 7) is -0.372. The number of rotatable bonds is 9. The Bertz CT molecular complexity index is 782. The molecule has 2 N–H and O–H groups in total. The Labute approximate surface area is 172 Å². The van der Waals surface area contributed by atoms with Crippen LogP contribution in [0.3, 0.4) is 0 Å². The number of esters is 2. The van der Waals surface area contributed by atoms with Crippen molar-refractivity contribution in [1.82, 2.24) is 10.2 Å². The van der Waals surface area contributed by atoms with E-state index in [1.807, 2.05) is 0 Å². The van der Waals surface area contributed by atoms with Gasteiger partial charge in [-0.05, 0) is 18.6 Å². The van der Waals surface area contributed by atoms with Crippen LogP contribution in [0, 0.1) is 0 Å². The fourth-order valence-corrected chi connectivity index (χ4v) is 3.39. The number of carbonyl (C=O) groups is 4. The molecule has 156 valence electrons. The predicted molar refractivity (Wildman–Crippen MR) is 105 cm³/mol. The van der Waals surface area contributed by atoms with Crippen LogP contribution in [0.4, 0.5) is 0 Å². The minimum Gasteiger partial charge on any atom is -0.466 e. The van der Waals surface area contributed by atoms with Gasteiger partial charge < -0.3 is 24.8 Å². The summed E-state index contributed by atoms with van der Waals surface area (Å²) in [6.07, 6.45) is 1.56. The monoisotopic (exact) mass is 422 g/mol. The van der Waals surface area contributed by atoms with Crippen molar-refractivity contribution in [2.24, 2.45) is 0 Å². The molecule has 0 bridgehead atoms. The maximum absolute atomic E-state index is 12.1. The average Bonchev–Trinajstić information content (AvgIpc) is 3.08. The molecule has 0 saturated carbocycles. The molecule has 0 spiro atoms. The Morgan fingerprint density at radius 2 is 2.03 bits per heavy atom. The molecule has 0 aliphatic carbocycles. The highest BCUT2D eigenvalue weighted by atomic mass is 32.2. The second-order valence-corrected chi connectivity index (χ2v) is 6.93. The van der Waals surface area contributed by atoms with Crippen LogP contribution in [0.5, 0.6) is 0 Å². The largest absolute Gasteiger partial charge is 0.466 e. The van der Waals surface area contributed by atoms with Crippen LogP contribution < -0.4 is 5.32 Å². The molecule has 1 aromatic rings. The van der Waals surface area contributed by atoms with E-state index in [4.69, 9.17) is 4.74 Å². The van der Waals surface area contributed by atoms with E-state index in [1.54, 1.807) is 30.3 Å². The van der Waals surface area contributed by atoms with E-state index >= 15 is 0 Å². The van der Waals surface area contributed by atoms with Crippen LogP contribution in [0.25, 0.3) is 0 Å². The molecule has 1 atom stereocenters. The third kappa shape index (κ3) is 6.61. The van der Waals surface area contributed by atoms with Gasteiger partial charge >= 0.3 is 11.9 Å². The number of amides is 2. The fraction of sp³-hybridized carbons (Fsp3) is 0.368. The molecule has 9 nitrogen and oxygen atoms in total. The van der Waals surface area contributed by atoms with Crippen LogP contribution >= 0.6 is 11.8 Å². The number of hydrogen-bond acceptors (Lipinski definition) is 8. The first-order valence-corrected chi connectivity index (χ1v) is 9.81. The summed E-state index contributed by atoms with van der Waals surface area (Å²) in [7, 11) is 1.25. The lowest BCUT2D eigenvalue weighted by atomic mass is 10.2. The number of ether oxygens (including phenoxy) is 2. The Balaban J connectivity index is 1.80. The van der Waals surface area contributed by atoms with Gasteiger partial charge in [0, 0.05) is 12.1 Å². The highest BCUT2D eigenvalue weighted by Crippen LogP contribution is 2.28. The molecule has 0 aromatic heterocycles. The summed E-state index contributed by atoms with van der Waals surface area (Å²) < 4.78 is 9.66. The van der Waals surface area contributed by atoms with Gasteiger partial charge in [-0.3, -0.25) is 9.59 Å². The maximum atomic E-state index is 12.1. The summed E-state index contributed by atoms with van der Waals surface area (Å²) in [5.74, 6) is -1.76. The molecule has 1 aromatic carbocycles. The van der Waals surface area contributed by atoms with Gasteiger partial charge in [0.1, 0.15) is 0 Å². The number of aliphatic hydroxyl groups is 1. The van der Waals surface area contributed by atoms with Crippen LogP contribution in [-0.2, 0) is 23.9 Å². The predicted octanol–water partition coefficient (Wildman–Crippen LogP) is 0.300. The summed E-state index contributed by atoms with van der Waals surface area (Å²) in [5, 5.41) is 12.3. The highest BCUT2D eigenvalue weighted by molar-refractivity contribution is 8.04. The number of hydrogen-bond donors (Lipinski definition) is 2. The third-order valence-corrected chi connectivity index (χ3v) is 4.96. The summed E-state index contributed by atoms with van der Waals surface area (Å²) in [6, 6.07) is 7.09. The fourth-order valence-electron chi connectivity index (χ4n) is 2.43. The van der Waals surface area contributed by atoms with Crippen molar-refractivity contribution in [1.29, 1.82) is 0 Å². The molecular weight excluding hydrogens is 400 g/mol. The van der Waals surface area contributed by atoms with Crippen LogP contribution in [0.15, 0.2) is 41.4 Å². The normalized spacial score (nSPS) is 15.9. The van der Waals surface area contributed by atoms with Gasteiger partial charge in [-0.2, -0.15) is 0 Å². The molecule has 1 aliphatic rings. The van der Waals surface area contributed by atoms with Gasteiger partial charge in [0.2, 0.25) is 5.91 Å². The lowest BCUT2D eigenvalue weighted by molar-refractivity contribution is -0.147. The summed E-state index contributed by atoms with van der Waals surface area (Å²) >= 11 is 1.23. The molecule has 1 fully saturated rings. The molecule has 29 heavy (non-hydrogen) atoms. The first-order chi connectivity index (χ1) is 14.0. The molecule has 10 heteroatoms. The molecular formula is C19H22N2O7S. The van der Waals surface area contributed by atoms with Gasteiger partial charge in [-0.1, -0.05) is 30.0 Å². The zero-order valence-corrected chi connectivity index (χ0v) is 16.6.